The van der Waals surface area contributed by atoms with Crippen molar-refractivity contribution in [2.45, 2.75) is 36.1 Å². The van der Waals surface area contributed by atoms with Crippen LogP contribution in [0.1, 0.15) is 32.5 Å². The fourth-order valence-corrected chi connectivity index (χ4v) is 2.69. The van der Waals surface area contributed by atoms with Gasteiger partial charge in [-0.3, -0.25) is 0 Å². The van der Waals surface area contributed by atoms with Gasteiger partial charge in [0.05, 0.1) is 16.2 Å². The first-order valence-electron chi connectivity index (χ1n) is 5.12. The summed E-state index contributed by atoms with van der Waals surface area (Å²) in [5, 5.41) is 4.53. The molecule has 92 valence electrons. The highest BCUT2D eigenvalue weighted by Crippen LogP contribution is 2.29. The van der Waals surface area contributed by atoms with Gasteiger partial charge >= 0.3 is 0 Å². The second kappa shape index (κ2) is 4.66. The van der Waals surface area contributed by atoms with Crippen molar-refractivity contribution in [1.82, 2.24) is 15.1 Å². The molecule has 0 bridgehead atoms. The van der Waals surface area contributed by atoms with Crippen molar-refractivity contribution < 1.29 is 4.52 Å². The minimum absolute atomic E-state index is 0.106. The topological polar surface area (TPSA) is 77.8 Å². The Kier molecular flexibility index (Phi) is 3.39. The summed E-state index contributed by atoms with van der Waals surface area (Å²) in [7, 11) is 0. The Bertz CT molecular complexity index is 500. The van der Waals surface area contributed by atoms with Gasteiger partial charge in [-0.25, -0.2) is 4.98 Å². The molecule has 0 fully saturated rings. The van der Waals surface area contributed by atoms with Crippen molar-refractivity contribution in [2.24, 2.45) is 0 Å². The minimum Gasteiger partial charge on any atom is -0.375 e. The third-order valence-corrected chi connectivity index (χ3v) is 3.97. The fourth-order valence-electron chi connectivity index (χ4n) is 1.09. The lowest BCUT2D eigenvalue weighted by Gasteiger charge is -2.10. The normalized spacial score (nSPS) is 11.9. The highest BCUT2D eigenvalue weighted by atomic mass is 32.2. The lowest BCUT2D eigenvalue weighted by atomic mass is 9.97. The van der Waals surface area contributed by atoms with Gasteiger partial charge in [0, 0.05) is 5.41 Å². The van der Waals surface area contributed by atoms with Crippen LogP contribution in [-0.4, -0.2) is 15.1 Å². The molecule has 0 unspecified atom stereocenters. The van der Waals surface area contributed by atoms with Crippen molar-refractivity contribution in [1.29, 1.82) is 0 Å². The highest BCUT2D eigenvalue weighted by molar-refractivity contribution is 8.00. The molecule has 2 aromatic rings. The Labute approximate surface area is 108 Å². The molecule has 5 nitrogen and oxygen atoms in total. The van der Waals surface area contributed by atoms with Crippen molar-refractivity contribution in [3.05, 3.63) is 17.9 Å². The van der Waals surface area contributed by atoms with Crippen LogP contribution >= 0.6 is 23.1 Å². The first-order chi connectivity index (χ1) is 7.95. The quantitative estimate of drug-likeness (QED) is 0.864. The molecule has 7 heteroatoms. The molecule has 0 amide bonds. The summed E-state index contributed by atoms with van der Waals surface area (Å²) in [6.45, 7) is 6.13. The summed E-state index contributed by atoms with van der Waals surface area (Å²) in [5.41, 5.74) is 5.45. The monoisotopic (exact) mass is 270 g/mol. The van der Waals surface area contributed by atoms with Crippen LogP contribution in [0, 0.1) is 0 Å². The Morgan fingerprint density at radius 2 is 2.24 bits per heavy atom. The average molecular weight is 270 g/mol. The Hall–Kier alpha value is -1.08. The van der Waals surface area contributed by atoms with Crippen LogP contribution in [0.25, 0.3) is 0 Å². The predicted octanol–water partition coefficient (Wildman–Crippen LogP) is 2.70. The molecule has 0 radical (unpaired) electrons. The summed E-state index contributed by atoms with van der Waals surface area (Å²) in [5.74, 6) is 2.03. The SMILES string of the molecule is CC(C)(C)c1nc(CSc2cnc(N)s2)no1. The second-order valence-electron chi connectivity index (χ2n) is 4.57. The second-order valence-corrected chi connectivity index (χ2v) is 6.91. The van der Waals surface area contributed by atoms with Crippen LogP contribution in [0.5, 0.6) is 0 Å². The van der Waals surface area contributed by atoms with E-state index in [0.29, 0.717) is 22.6 Å². The standard InChI is InChI=1S/C10H14N4OS2/c1-10(2,3)8-13-6(14-15-8)5-16-7-4-12-9(11)17-7/h4H,5H2,1-3H3,(H2,11,12). The molecule has 0 aliphatic heterocycles. The lowest BCUT2D eigenvalue weighted by molar-refractivity contribution is 0.319. The van der Waals surface area contributed by atoms with E-state index in [1.54, 1.807) is 18.0 Å². The van der Waals surface area contributed by atoms with Crippen molar-refractivity contribution >= 4 is 28.2 Å². The maximum Gasteiger partial charge on any atom is 0.232 e. The number of aromatic nitrogens is 3. The first-order valence-corrected chi connectivity index (χ1v) is 6.92. The van der Waals surface area contributed by atoms with Gasteiger partial charge in [0.25, 0.3) is 0 Å². The Morgan fingerprint density at radius 3 is 2.76 bits per heavy atom. The molecule has 17 heavy (non-hydrogen) atoms. The van der Waals surface area contributed by atoms with Crippen LogP contribution in [0.3, 0.4) is 0 Å². The van der Waals surface area contributed by atoms with Crippen LogP contribution < -0.4 is 5.73 Å². The van der Waals surface area contributed by atoms with Crippen LogP contribution in [0.4, 0.5) is 5.13 Å². The smallest absolute Gasteiger partial charge is 0.232 e. The van der Waals surface area contributed by atoms with Gasteiger partial charge in [-0.05, 0) is 0 Å². The molecular weight excluding hydrogens is 256 g/mol. The largest absolute Gasteiger partial charge is 0.375 e. The molecule has 0 saturated carbocycles. The number of nitrogen functional groups attached to an aromatic ring is 1. The van der Waals surface area contributed by atoms with E-state index in [1.165, 1.54) is 11.3 Å². The maximum atomic E-state index is 5.55. The molecular formula is C10H14N4OS2. The average Bonchev–Trinajstić information content (AvgIpc) is 2.82. The molecule has 2 N–H and O–H groups in total. The van der Waals surface area contributed by atoms with Gasteiger partial charge in [0.1, 0.15) is 0 Å². The van der Waals surface area contributed by atoms with Gasteiger partial charge in [-0.1, -0.05) is 37.3 Å². The van der Waals surface area contributed by atoms with E-state index >= 15 is 0 Å². The third kappa shape index (κ3) is 3.19. The number of rotatable bonds is 3. The van der Waals surface area contributed by atoms with Crippen LogP contribution in [0.15, 0.2) is 14.9 Å². The van der Waals surface area contributed by atoms with Gasteiger partial charge in [0.15, 0.2) is 11.0 Å². The third-order valence-electron chi connectivity index (χ3n) is 1.96. The van der Waals surface area contributed by atoms with E-state index in [2.05, 4.69) is 15.1 Å². The van der Waals surface area contributed by atoms with Gasteiger partial charge in [-0.15, -0.1) is 11.8 Å². The Morgan fingerprint density at radius 1 is 1.47 bits per heavy atom. The number of anilines is 1. The van der Waals surface area contributed by atoms with E-state index < -0.39 is 0 Å². The molecule has 0 spiro atoms. The van der Waals surface area contributed by atoms with E-state index in [-0.39, 0.29) is 5.41 Å². The summed E-state index contributed by atoms with van der Waals surface area (Å²) < 4.78 is 6.27. The molecule has 2 aromatic heterocycles. The number of hydrogen-bond donors (Lipinski definition) is 1. The van der Waals surface area contributed by atoms with Crippen molar-refractivity contribution in [3.63, 3.8) is 0 Å². The van der Waals surface area contributed by atoms with Gasteiger partial charge < -0.3 is 10.3 Å². The zero-order valence-corrected chi connectivity index (χ0v) is 11.6. The zero-order chi connectivity index (χ0) is 12.5. The number of nitrogens with two attached hydrogens (primary N) is 1. The maximum absolute atomic E-state index is 5.55. The molecule has 0 aliphatic rings. The van der Waals surface area contributed by atoms with Crippen LogP contribution in [0.2, 0.25) is 0 Å². The number of hydrogen-bond acceptors (Lipinski definition) is 7. The predicted molar refractivity (Wildman–Crippen MR) is 69.1 cm³/mol. The summed E-state index contributed by atoms with van der Waals surface area (Å²) in [4.78, 5) is 8.34. The van der Waals surface area contributed by atoms with Crippen molar-refractivity contribution in [2.75, 3.05) is 5.73 Å². The lowest BCUT2D eigenvalue weighted by Crippen LogP contribution is -2.11. The molecule has 0 saturated heterocycles. The first kappa shape index (κ1) is 12.4. The number of nitrogens with zero attached hydrogens (tertiary/aromatic N) is 3. The van der Waals surface area contributed by atoms with Gasteiger partial charge in [0.2, 0.25) is 5.89 Å². The molecule has 0 aromatic carbocycles. The number of thioether (sulfide) groups is 1. The van der Waals surface area contributed by atoms with E-state index in [4.69, 9.17) is 10.3 Å². The zero-order valence-electron chi connectivity index (χ0n) is 9.93. The van der Waals surface area contributed by atoms with E-state index in [1.807, 2.05) is 20.8 Å². The van der Waals surface area contributed by atoms with E-state index in [0.717, 1.165) is 4.21 Å². The fraction of sp³-hybridized carbons (Fsp3) is 0.500. The summed E-state index contributed by atoms with van der Waals surface area (Å²) >= 11 is 3.07. The van der Waals surface area contributed by atoms with Gasteiger partial charge in [-0.2, -0.15) is 4.98 Å². The molecule has 0 aliphatic carbocycles. The molecule has 2 heterocycles. The summed E-state index contributed by atoms with van der Waals surface area (Å²) in [6, 6.07) is 0. The summed E-state index contributed by atoms with van der Waals surface area (Å²) in [6.07, 6.45) is 1.76. The minimum atomic E-state index is -0.106. The highest BCUT2D eigenvalue weighted by Gasteiger charge is 2.21. The van der Waals surface area contributed by atoms with Crippen LogP contribution in [-0.2, 0) is 11.2 Å². The molecule has 0 atom stereocenters. The molecule has 2 rings (SSSR count). The van der Waals surface area contributed by atoms with E-state index in [9.17, 15) is 0 Å². The van der Waals surface area contributed by atoms with Crippen molar-refractivity contribution in [3.8, 4) is 0 Å². The number of thiazole rings is 1. The Balaban J connectivity index is 1.98.